The van der Waals surface area contributed by atoms with E-state index >= 15 is 0 Å². The van der Waals surface area contributed by atoms with Crippen LogP contribution in [0.4, 0.5) is 8.78 Å². The number of alkyl halides is 3. The van der Waals surface area contributed by atoms with Crippen LogP contribution in [-0.4, -0.2) is 18.1 Å². The minimum atomic E-state index is -2.60. The van der Waals surface area contributed by atoms with Crippen LogP contribution >= 0.6 is 15.9 Å². The van der Waals surface area contributed by atoms with Gasteiger partial charge >= 0.3 is 5.97 Å². The van der Waals surface area contributed by atoms with E-state index in [4.69, 9.17) is 0 Å². The van der Waals surface area contributed by atoms with Crippen molar-refractivity contribution < 1.29 is 18.3 Å². The normalized spacial score (nSPS) is 10.6. The highest BCUT2D eigenvalue weighted by Gasteiger charge is 2.20. The summed E-state index contributed by atoms with van der Waals surface area (Å²) in [5, 5.41) is 0.165. The monoisotopic (exact) mass is 293 g/mol. The summed E-state index contributed by atoms with van der Waals surface area (Å²) in [4.78, 5) is 15.1. The van der Waals surface area contributed by atoms with Crippen LogP contribution < -0.4 is 0 Å². The van der Waals surface area contributed by atoms with Gasteiger partial charge in [-0.2, -0.15) is 0 Å². The zero-order valence-corrected chi connectivity index (χ0v) is 10.3. The third-order valence-corrected chi connectivity index (χ3v) is 2.61. The van der Waals surface area contributed by atoms with Gasteiger partial charge in [-0.05, 0) is 18.6 Å². The highest BCUT2D eigenvalue weighted by Crippen LogP contribution is 2.27. The van der Waals surface area contributed by atoms with Gasteiger partial charge in [-0.15, -0.1) is 0 Å². The number of carbonyl (C=O) groups excluding carboxylic acids is 1. The smallest absolute Gasteiger partial charge is 0.356 e. The number of carbonyl (C=O) groups is 1. The molecule has 0 amide bonds. The van der Waals surface area contributed by atoms with E-state index in [1.807, 2.05) is 0 Å². The van der Waals surface area contributed by atoms with Gasteiger partial charge < -0.3 is 4.74 Å². The molecule has 1 heterocycles. The molecule has 0 aromatic carbocycles. The third-order valence-electron chi connectivity index (χ3n) is 2.08. The minimum Gasteiger partial charge on any atom is -0.464 e. The van der Waals surface area contributed by atoms with Gasteiger partial charge in [-0.3, -0.25) is 0 Å². The molecule has 0 aliphatic heterocycles. The Bertz CT molecular complexity index is 410. The van der Waals surface area contributed by atoms with Gasteiger partial charge in [-0.1, -0.05) is 15.9 Å². The van der Waals surface area contributed by atoms with Gasteiger partial charge in [0, 0.05) is 10.9 Å². The third kappa shape index (κ3) is 2.55. The second-order valence-electron chi connectivity index (χ2n) is 3.11. The lowest BCUT2D eigenvalue weighted by Gasteiger charge is -2.10. The van der Waals surface area contributed by atoms with Crippen LogP contribution in [0.25, 0.3) is 0 Å². The number of ether oxygens (including phenoxy) is 1. The van der Waals surface area contributed by atoms with Crippen LogP contribution in [0.15, 0.2) is 6.07 Å². The second kappa shape index (κ2) is 5.34. The summed E-state index contributed by atoms with van der Waals surface area (Å²) in [6.07, 6.45) is -2.60. The molecule has 6 heteroatoms. The first kappa shape index (κ1) is 13.0. The van der Waals surface area contributed by atoms with Crippen LogP contribution in [0, 0.1) is 6.92 Å². The number of pyridine rings is 1. The highest BCUT2D eigenvalue weighted by atomic mass is 79.9. The van der Waals surface area contributed by atoms with Crippen LogP contribution in [0.5, 0.6) is 0 Å². The molecule has 0 saturated heterocycles. The van der Waals surface area contributed by atoms with Gasteiger partial charge in [0.1, 0.15) is 5.69 Å². The lowest BCUT2D eigenvalue weighted by atomic mass is 10.1. The summed E-state index contributed by atoms with van der Waals surface area (Å²) in [6.45, 7) is 1.52. The van der Waals surface area contributed by atoms with Crippen molar-refractivity contribution >= 4 is 21.9 Å². The van der Waals surface area contributed by atoms with E-state index in [-0.39, 0.29) is 22.3 Å². The number of nitrogens with zero attached hydrogens (tertiary/aromatic N) is 1. The van der Waals surface area contributed by atoms with Crippen molar-refractivity contribution in [1.82, 2.24) is 4.98 Å². The fourth-order valence-electron chi connectivity index (χ4n) is 1.36. The standard InChI is InChI=1S/C10H10BrF2NO2/c1-5-3-6(10(15)16-2)14-7(4-11)8(5)9(12)13/h3,9H,4H2,1-2H3. The Morgan fingerprint density at radius 2 is 2.25 bits per heavy atom. The van der Waals surface area contributed by atoms with E-state index < -0.39 is 12.4 Å². The zero-order valence-electron chi connectivity index (χ0n) is 8.76. The van der Waals surface area contributed by atoms with Crippen molar-refractivity contribution in [3.8, 4) is 0 Å². The van der Waals surface area contributed by atoms with Gasteiger partial charge in [-0.25, -0.2) is 18.6 Å². The van der Waals surface area contributed by atoms with E-state index in [1.54, 1.807) is 0 Å². The Balaban J connectivity index is 3.32. The Kier molecular flexibility index (Phi) is 4.35. The number of halogens is 3. The number of aromatic nitrogens is 1. The zero-order chi connectivity index (χ0) is 12.3. The molecule has 0 fully saturated rings. The molecule has 16 heavy (non-hydrogen) atoms. The summed E-state index contributed by atoms with van der Waals surface area (Å²) in [7, 11) is 1.22. The topological polar surface area (TPSA) is 39.2 Å². The predicted octanol–water partition coefficient (Wildman–Crippen LogP) is 3.01. The fraction of sp³-hybridized carbons (Fsp3) is 0.400. The van der Waals surface area contributed by atoms with Crippen LogP contribution in [0.3, 0.4) is 0 Å². The Morgan fingerprint density at radius 1 is 1.62 bits per heavy atom. The average molecular weight is 294 g/mol. The van der Waals surface area contributed by atoms with Crippen LogP contribution in [0.1, 0.15) is 33.7 Å². The van der Waals surface area contributed by atoms with Crippen molar-refractivity contribution in [1.29, 1.82) is 0 Å². The van der Waals surface area contributed by atoms with Crippen molar-refractivity contribution in [2.45, 2.75) is 18.7 Å². The van der Waals surface area contributed by atoms with Crippen LogP contribution in [-0.2, 0) is 10.1 Å². The van der Waals surface area contributed by atoms with Gasteiger partial charge in [0.15, 0.2) is 0 Å². The van der Waals surface area contributed by atoms with Crippen LogP contribution in [0.2, 0.25) is 0 Å². The minimum absolute atomic E-state index is 0.0406. The molecule has 1 rings (SSSR count). The largest absolute Gasteiger partial charge is 0.464 e. The predicted molar refractivity (Wildman–Crippen MR) is 57.9 cm³/mol. The molecule has 0 bridgehead atoms. The maximum absolute atomic E-state index is 12.7. The Hall–Kier alpha value is -1.04. The van der Waals surface area contributed by atoms with Gasteiger partial charge in [0.25, 0.3) is 6.43 Å². The summed E-state index contributed by atoms with van der Waals surface area (Å²) in [6, 6.07) is 1.31. The molecule has 88 valence electrons. The number of methoxy groups -OCH3 is 1. The molecule has 0 saturated carbocycles. The second-order valence-corrected chi connectivity index (χ2v) is 3.67. The maximum Gasteiger partial charge on any atom is 0.356 e. The first-order valence-electron chi connectivity index (χ1n) is 4.44. The molecule has 0 unspecified atom stereocenters. The molecule has 0 spiro atoms. The first-order valence-corrected chi connectivity index (χ1v) is 5.56. The molecule has 0 N–H and O–H groups in total. The molecule has 1 aromatic rings. The number of esters is 1. The SMILES string of the molecule is COC(=O)c1cc(C)c(C(F)F)c(CBr)n1. The number of aryl methyl sites for hydroxylation is 1. The van der Waals surface area contributed by atoms with Crippen molar-refractivity contribution in [2.75, 3.05) is 7.11 Å². The van der Waals surface area contributed by atoms with E-state index in [0.717, 1.165) is 0 Å². The lowest BCUT2D eigenvalue weighted by Crippen LogP contribution is -2.09. The summed E-state index contributed by atoms with van der Waals surface area (Å²) in [5.74, 6) is -0.633. The number of hydrogen-bond donors (Lipinski definition) is 0. The summed E-state index contributed by atoms with van der Waals surface area (Å²) < 4.78 is 29.9. The molecular formula is C10H10BrF2NO2. The van der Waals surface area contributed by atoms with Crippen molar-refractivity contribution in [2.24, 2.45) is 0 Å². The molecular weight excluding hydrogens is 284 g/mol. The Morgan fingerprint density at radius 3 is 2.69 bits per heavy atom. The molecule has 0 aliphatic carbocycles. The summed E-state index contributed by atoms with van der Waals surface area (Å²) in [5.41, 5.74) is 0.402. The molecule has 0 atom stereocenters. The van der Waals surface area contributed by atoms with E-state index in [0.29, 0.717) is 5.56 Å². The van der Waals surface area contributed by atoms with Gasteiger partial charge in [0.05, 0.1) is 12.8 Å². The Labute approximate surface area is 99.9 Å². The van der Waals surface area contributed by atoms with E-state index in [2.05, 4.69) is 25.7 Å². The number of rotatable bonds is 3. The molecule has 1 aromatic heterocycles. The van der Waals surface area contributed by atoms with Gasteiger partial charge in [0.2, 0.25) is 0 Å². The quantitative estimate of drug-likeness (QED) is 0.635. The summed E-state index contributed by atoms with van der Waals surface area (Å²) >= 11 is 3.07. The van der Waals surface area contributed by atoms with E-state index in [1.165, 1.54) is 20.1 Å². The van der Waals surface area contributed by atoms with E-state index in [9.17, 15) is 13.6 Å². The van der Waals surface area contributed by atoms with Crippen molar-refractivity contribution in [3.63, 3.8) is 0 Å². The number of hydrogen-bond acceptors (Lipinski definition) is 3. The molecule has 3 nitrogen and oxygen atoms in total. The molecule has 0 aliphatic rings. The molecule has 0 radical (unpaired) electrons. The fourth-order valence-corrected chi connectivity index (χ4v) is 1.78. The maximum atomic E-state index is 12.7. The van der Waals surface area contributed by atoms with Crippen molar-refractivity contribution in [3.05, 3.63) is 28.6 Å². The average Bonchev–Trinajstić information content (AvgIpc) is 2.26. The first-order chi connectivity index (χ1) is 7.51. The lowest BCUT2D eigenvalue weighted by molar-refractivity contribution is 0.0593. The highest BCUT2D eigenvalue weighted by molar-refractivity contribution is 9.08.